The Morgan fingerprint density at radius 1 is 1.35 bits per heavy atom. The van der Waals surface area contributed by atoms with Crippen LogP contribution in [-0.4, -0.2) is 22.6 Å². The Labute approximate surface area is 136 Å². The first-order chi connectivity index (χ1) is 10.9. The highest BCUT2D eigenvalue weighted by Gasteiger charge is 2.26. The van der Waals surface area contributed by atoms with E-state index < -0.39 is 22.6 Å². The van der Waals surface area contributed by atoms with Gasteiger partial charge < -0.3 is 10.0 Å². The van der Waals surface area contributed by atoms with Gasteiger partial charge >= 0.3 is 5.97 Å². The van der Waals surface area contributed by atoms with Crippen molar-refractivity contribution in [2.75, 3.05) is 11.4 Å². The number of carboxylic acids is 1. The number of pyridine rings is 1. The topological polar surface area (TPSA) is 53.4 Å². The number of carboxylic acid groups (broad SMARTS) is 1. The Morgan fingerprint density at radius 2 is 2.00 bits per heavy atom. The van der Waals surface area contributed by atoms with Crippen LogP contribution in [0.25, 0.3) is 0 Å². The van der Waals surface area contributed by atoms with Crippen molar-refractivity contribution in [2.45, 2.75) is 19.4 Å². The second kappa shape index (κ2) is 5.77. The lowest BCUT2D eigenvalue weighted by atomic mass is 9.94. The molecule has 0 radical (unpaired) electrons. The third-order valence-corrected chi connectivity index (χ3v) is 4.44. The minimum absolute atomic E-state index is 0.00650. The van der Waals surface area contributed by atoms with Crippen LogP contribution in [0, 0.1) is 11.6 Å². The van der Waals surface area contributed by atoms with Gasteiger partial charge in [-0.1, -0.05) is 11.6 Å². The molecular weight excluding hydrogens is 326 g/mol. The quantitative estimate of drug-likeness (QED) is 0.845. The maximum absolute atomic E-state index is 13.7. The van der Waals surface area contributed by atoms with Crippen molar-refractivity contribution in [1.82, 2.24) is 4.98 Å². The maximum atomic E-state index is 13.7. The number of nitrogens with zero attached hydrogens (tertiary/aromatic N) is 2. The first kappa shape index (κ1) is 15.7. The average molecular weight is 339 g/mol. The smallest absolute Gasteiger partial charge is 0.354 e. The Bertz CT molecular complexity index is 775. The number of carbonyl (C=O) groups is 1. The van der Waals surface area contributed by atoms with E-state index in [-0.39, 0.29) is 11.7 Å². The molecule has 23 heavy (non-hydrogen) atoms. The number of aromatic carboxylic acids is 1. The summed E-state index contributed by atoms with van der Waals surface area (Å²) in [6.45, 7) is 2.39. The number of fused-ring (bicyclic) bond motifs is 1. The van der Waals surface area contributed by atoms with Crippen LogP contribution in [0.2, 0.25) is 5.02 Å². The zero-order valence-electron chi connectivity index (χ0n) is 12.2. The van der Waals surface area contributed by atoms with Crippen molar-refractivity contribution in [1.29, 1.82) is 0 Å². The summed E-state index contributed by atoms with van der Waals surface area (Å²) in [6.07, 6.45) is 2.08. The summed E-state index contributed by atoms with van der Waals surface area (Å²) < 4.78 is 27.4. The Morgan fingerprint density at radius 3 is 2.61 bits per heavy atom. The molecule has 7 heteroatoms. The molecule has 1 aliphatic heterocycles. The van der Waals surface area contributed by atoms with E-state index >= 15 is 0 Å². The molecule has 1 aliphatic rings. The summed E-state index contributed by atoms with van der Waals surface area (Å²) in [7, 11) is 0. The minimum atomic E-state index is -1.08. The molecule has 0 saturated carbocycles. The van der Waals surface area contributed by atoms with Gasteiger partial charge in [-0.3, -0.25) is 0 Å². The van der Waals surface area contributed by atoms with Crippen LogP contribution in [0.1, 0.15) is 34.6 Å². The minimum Gasteiger partial charge on any atom is -0.477 e. The molecule has 1 N–H and O–H groups in total. The largest absolute Gasteiger partial charge is 0.477 e. The first-order valence-electron chi connectivity index (χ1n) is 7.01. The van der Waals surface area contributed by atoms with Gasteiger partial charge in [0, 0.05) is 18.4 Å². The molecule has 0 unspecified atom stereocenters. The van der Waals surface area contributed by atoms with Gasteiger partial charge in [0.1, 0.15) is 22.4 Å². The Kier molecular flexibility index (Phi) is 3.93. The van der Waals surface area contributed by atoms with Crippen molar-refractivity contribution >= 4 is 23.3 Å². The second-order valence-electron chi connectivity index (χ2n) is 5.42. The van der Waals surface area contributed by atoms with E-state index in [0.717, 1.165) is 11.1 Å². The molecule has 0 spiro atoms. The van der Waals surface area contributed by atoms with E-state index in [1.807, 2.05) is 11.8 Å². The fraction of sp³-hybridized carbons (Fsp3) is 0.250. The van der Waals surface area contributed by atoms with E-state index in [0.29, 0.717) is 18.7 Å². The van der Waals surface area contributed by atoms with Crippen LogP contribution in [-0.2, 0) is 6.42 Å². The van der Waals surface area contributed by atoms with E-state index in [9.17, 15) is 13.6 Å². The lowest BCUT2D eigenvalue weighted by Gasteiger charge is -2.37. The van der Waals surface area contributed by atoms with Gasteiger partial charge in [0.05, 0.1) is 6.04 Å². The van der Waals surface area contributed by atoms with Crippen molar-refractivity contribution < 1.29 is 18.7 Å². The van der Waals surface area contributed by atoms with E-state index in [1.54, 1.807) is 6.07 Å². The number of rotatable bonds is 2. The van der Waals surface area contributed by atoms with Gasteiger partial charge in [-0.15, -0.1) is 0 Å². The number of hydrogen-bond donors (Lipinski definition) is 1. The normalized spacial score (nSPS) is 17.0. The van der Waals surface area contributed by atoms with E-state index in [1.165, 1.54) is 18.3 Å². The molecule has 0 amide bonds. The molecule has 0 aliphatic carbocycles. The standard InChI is InChI=1S/C16H13ClF2N2O2/c1-8-11-7-20-14(16(22)23)4-9(11)2-3-21(8)10-5-12(18)15(17)13(19)6-10/h4-8H,2-3H2,1H3,(H,22,23)/t8-/m1/s1. The van der Waals surface area contributed by atoms with Gasteiger partial charge in [0.2, 0.25) is 0 Å². The fourth-order valence-electron chi connectivity index (χ4n) is 2.88. The maximum Gasteiger partial charge on any atom is 0.354 e. The summed E-state index contributed by atoms with van der Waals surface area (Å²) >= 11 is 5.52. The van der Waals surface area contributed by atoms with Gasteiger partial charge in [0.15, 0.2) is 0 Å². The third-order valence-electron chi connectivity index (χ3n) is 4.08. The lowest BCUT2D eigenvalue weighted by Crippen LogP contribution is -2.34. The number of hydrogen-bond acceptors (Lipinski definition) is 3. The van der Waals surface area contributed by atoms with Crippen LogP contribution in [0.4, 0.5) is 14.5 Å². The molecule has 1 atom stereocenters. The summed E-state index contributed by atoms with van der Waals surface area (Å²) in [5, 5.41) is 8.48. The number of halogens is 3. The number of benzene rings is 1. The highest BCUT2D eigenvalue weighted by atomic mass is 35.5. The highest BCUT2D eigenvalue weighted by Crippen LogP contribution is 2.35. The fourth-order valence-corrected chi connectivity index (χ4v) is 2.99. The Hall–Kier alpha value is -2.21. The zero-order valence-corrected chi connectivity index (χ0v) is 12.9. The number of anilines is 1. The molecular formula is C16H13ClF2N2O2. The van der Waals surface area contributed by atoms with Crippen LogP contribution in [0.15, 0.2) is 24.4 Å². The van der Waals surface area contributed by atoms with Gasteiger partial charge in [-0.05, 0) is 42.7 Å². The molecule has 1 aromatic heterocycles. The molecule has 0 fully saturated rings. The molecule has 4 nitrogen and oxygen atoms in total. The lowest BCUT2D eigenvalue weighted by molar-refractivity contribution is 0.0690. The Balaban J connectivity index is 1.98. The molecule has 2 aromatic rings. The second-order valence-corrected chi connectivity index (χ2v) is 5.79. The average Bonchev–Trinajstić information content (AvgIpc) is 2.52. The summed E-state index contributed by atoms with van der Waals surface area (Å²) in [5.74, 6) is -2.69. The molecule has 2 heterocycles. The van der Waals surface area contributed by atoms with Crippen LogP contribution in [0.5, 0.6) is 0 Å². The van der Waals surface area contributed by atoms with Crippen molar-refractivity contribution in [3.05, 3.63) is 57.9 Å². The third kappa shape index (κ3) is 2.74. The molecule has 0 saturated heterocycles. The van der Waals surface area contributed by atoms with Gasteiger partial charge in [0.25, 0.3) is 0 Å². The summed E-state index contributed by atoms with van der Waals surface area (Å²) in [5.41, 5.74) is 2.12. The molecule has 3 rings (SSSR count). The van der Waals surface area contributed by atoms with Crippen molar-refractivity contribution in [2.24, 2.45) is 0 Å². The monoisotopic (exact) mass is 338 g/mol. The van der Waals surface area contributed by atoms with E-state index in [4.69, 9.17) is 16.7 Å². The van der Waals surface area contributed by atoms with Crippen molar-refractivity contribution in [3.8, 4) is 0 Å². The SMILES string of the molecule is C[C@@H]1c2cnc(C(=O)O)cc2CCN1c1cc(F)c(Cl)c(F)c1. The predicted octanol–water partition coefficient (Wildman–Crippen LogP) is 3.84. The highest BCUT2D eigenvalue weighted by molar-refractivity contribution is 6.30. The molecule has 120 valence electrons. The van der Waals surface area contributed by atoms with Crippen LogP contribution < -0.4 is 4.90 Å². The number of aromatic nitrogens is 1. The van der Waals surface area contributed by atoms with Crippen LogP contribution >= 0.6 is 11.6 Å². The van der Waals surface area contributed by atoms with E-state index in [2.05, 4.69) is 4.98 Å². The summed E-state index contributed by atoms with van der Waals surface area (Å²) in [4.78, 5) is 16.8. The summed E-state index contributed by atoms with van der Waals surface area (Å²) in [6, 6.07) is 3.76. The van der Waals surface area contributed by atoms with Gasteiger partial charge in [-0.25, -0.2) is 18.6 Å². The van der Waals surface area contributed by atoms with Crippen LogP contribution in [0.3, 0.4) is 0 Å². The van der Waals surface area contributed by atoms with Crippen molar-refractivity contribution in [3.63, 3.8) is 0 Å². The first-order valence-corrected chi connectivity index (χ1v) is 7.39. The molecule has 0 bridgehead atoms. The predicted molar refractivity (Wildman–Crippen MR) is 82.0 cm³/mol. The zero-order chi connectivity index (χ0) is 16.7. The molecule has 1 aromatic carbocycles. The van der Waals surface area contributed by atoms with Gasteiger partial charge in [-0.2, -0.15) is 0 Å².